The molecule has 3 heteroatoms. The first-order valence-electron chi connectivity index (χ1n) is 9.94. The average molecular weight is 345 g/mol. The van der Waals surface area contributed by atoms with Crippen molar-refractivity contribution in [3.8, 4) is 5.75 Å². The molecule has 0 saturated heterocycles. The van der Waals surface area contributed by atoms with Gasteiger partial charge in [-0.25, -0.2) is 0 Å². The third-order valence-corrected chi connectivity index (χ3v) is 7.63. The lowest BCUT2D eigenvalue weighted by atomic mass is 9.69. The van der Waals surface area contributed by atoms with Gasteiger partial charge >= 0.3 is 5.97 Å². The standard InChI is InChI=1S/C21H32O2Si/c1-15-2-12-20(13-3-15)23-21(22)19-10-8-18(9-11-19)17-6-4-16(14-24)5-7-17/h2-3,12-13,16-19H,4-11,14H2,1,24H3. The minimum absolute atomic E-state index is 0.0167. The van der Waals surface area contributed by atoms with Gasteiger partial charge in [0, 0.05) is 10.2 Å². The molecule has 2 aliphatic rings. The Morgan fingerprint density at radius 2 is 1.50 bits per heavy atom. The number of carbonyl (C=O) groups is 1. The Kier molecular flexibility index (Phi) is 6.15. The molecule has 0 radical (unpaired) electrons. The van der Waals surface area contributed by atoms with Crippen molar-refractivity contribution in [1.29, 1.82) is 0 Å². The van der Waals surface area contributed by atoms with Crippen LogP contribution < -0.4 is 4.74 Å². The summed E-state index contributed by atoms with van der Waals surface area (Å²) in [6.45, 7) is 2.04. The van der Waals surface area contributed by atoms with Gasteiger partial charge in [0.05, 0.1) is 5.92 Å². The van der Waals surface area contributed by atoms with Crippen LogP contribution in [0.5, 0.6) is 5.75 Å². The van der Waals surface area contributed by atoms with Gasteiger partial charge in [0.1, 0.15) is 5.75 Å². The molecule has 0 heterocycles. The Bertz CT molecular complexity index is 523. The summed E-state index contributed by atoms with van der Waals surface area (Å²) < 4.78 is 5.58. The normalized spacial score (nSPS) is 30.9. The van der Waals surface area contributed by atoms with Crippen molar-refractivity contribution in [3.63, 3.8) is 0 Å². The summed E-state index contributed by atoms with van der Waals surface area (Å²) >= 11 is 0. The lowest BCUT2D eigenvalue weighted by Gasteiger charge is -2.37. The largest absolute Gasteiger partial charge is 0.426 e. The predicted molar refractivity (Wildman–Crippen MR) is 102 cm³/mol. The molecule has 0 atom stereocenters. The summed E-state index contributed by atoms with van der Waals surface area (Å²) in [5.74, 6) is 3.62. The van der Waals surface area contributed by atoms with Gasteiger partial charge in [-0.2, -0.15) is 0 Å². The molecule has 1 aromatic carbocycles. The van der Waals surface area contributed by atoms with Crippen LogP contribution in [-0.4, -0.2) is 16.2 Å². The monoisotopic (exact) mass is 344 g/mol. The van der Waals surface area contributed by atoms with Gasteiger partial charge in [0.15, 0.2) is 0 Å². The molecule has 2 saturated carbocycles. The fourth-order valence-corrected chi connectivity index (χ4v) is 5.52. The van der Waals surface area contributed by atoms with Crippen molar-refractivity contribution in [2.24, 2.45) is 23.7 Å². The molecule has 0 N–H and O–H groups in total. The van der Waals surface area contributed by atoms with Crippen LogP contribution in [0.3, 0.4) is 0 Å². The van der Waals surface area contributed by atoms with Gasteiger partial charge in [0.2, 0.25) is 0 Å². The molecule has 132 valence electrons. The molecule has 2 fully saturated rings. The van der Waals surface area contributed by atoms with Crippen LogP contribution in [0.2, 0.25) is 6.04 Å². The second kappa shape index (κ2) is 8.33. The topological polar surface area (TPSA) is 26.3 Å². The first kappa shape index (κ1) is 17.7. The van der Waals surface area contributed by atoms with Crippen molar-refractivity contribution < 1.29 is 9.53 Å². The van der Waals surface area contributed by atoms with Gasteiger partial charge in [-0.05, 0) is 75.3 Å². The van der Waals surface area contributed by atoms with E-state index in [2.05, 4.69) is 0 Å². The van der Waals surface area contributed by atoms with Gasteiger partial charge in [0.25, 0.3) is 0 Å². The average Bonchev–Trinajstić information content (AvgIpc) is 2.64. The molecule has 0 bridgehead atoms. The number of carbonyl (C=O) groups excluding carboxylic acids is 1. The SMILES string of the molecule is Cc1ccc(OC(=O)C2CCC(C3CCC(C[SiH3])CC3)CC2)cc1. The minimum Gasteiger partial charge on any atom is -0.426 e. The molecule has 0 spiro atoms. The number of aryl methyl sites for hydroxylation is 1. The number of esters is 1. The van der Waals surface area contributed by atoms with E-state index in [0.717, 1.165) is 30.6 Å². The van der Waals surface area contributed by atoms with Crippen molar-refractivity contribution in [3.05, 3.63) is 29.8 Å². The van der Waals surface area contributed by atoms with Crippen LogP contribution in [0.1, 0.15) is 56.9 Å². The second-order valence-electron chi connectivity index (χ2n) is 8.03. The van der Waals surface area contributed by atoms with E-state index in [4.69, 9.17) is 4.74 Å². The minimum atomic E-state index is -0.0167. The Labute approximate surface area is 149 Å². The summed E-state index contributed by atoms with van der Waals surface area (Å²) in [4.78, 5) is 12.4. The molecule has 0 aromatic heterocycles. The Morgan fingerprint density at radius 3 is 2.04 bits per heavy atom. The highest BCUT2D eigenvalue weighted by molar-refractivity contribution is 6.08. The van der Waals surface area contributed by atoms with Crippen molar-refractivity contribution in [2.45, 2.75) is 64.3 Å². The van der Waals surface area contributed by atoms with E-state index in [-0.39, 0.29) is 11.9 Å². The molecule has 2 aliphatic carbocycles. The molecule has 2 nitrogen and oxygen atoms in total. The fraction of sp³-hybridized carbons (Fsp3) is 0.667. The van der Waals surface area contributed by atoms with E-state index in [0.29, 0.717) is 5.75 Å². The zero-order valence-electron chi connectivity index (χ0n) is 15.3. The summed E-state index contributed by atoms with van der Waals surface area (Å²) in [5.41, 5.74) is 1.19. The Morgan fingerprint density at radius 1 is 0.958 bits per heavy atom. The molecule has 0 aliphatic heterocycles. The van der Waals surface area contributed by atoms with Gasteiger partial charge < -0.3 is 4.74 Å². The molecule has 0 unspecified atom stereocenters. The van der Waals surface area contributed by atoms with Crippen LogP contribution in [0.4, 0.5) is 0 Å². The smallest absolute Gasteiger partial charge is 0.314 e. The summed E-state index contributed by atoms with van der Waals surface area (Å²) in [6.07, 6.45) is 10.3. The molecule has 1 aromatic rings. The molecule has 3 rings (SSSR count). The van der Waals surface area contributed by atoms with Gasteiger partial charge in [-0.3, -0.25) is 4.79 Å². The zero-order valence-corrected chi connectivity index (χ0v) is 17.3. The zero-order chi connectivity index (χ0) is 16.9. The van der Waals surface area contributed by atoms with Gasteiger partial charge in [-0.1, -0.05) is 36.6 Å². The maximum Gasteiger partial charge on any atom is 0.314 e. The third kappa shape index (κ3) is 4.50. The van der Waals surface area contributed by atoms with Crippen LogP contribution in [0.15, 0.2) is 24.3 Å². The Balaban J connectivity index is 1.44. The highest BCUT2D eigenvalue weighted by Gasteiger charge is 2.33. The van der Waals surface area contributed by atoms with E-state index in [1.807, 2.05) is 31.2 Å². The molecular formula is C21H32O2Si. The maximum atomic E-state index is 12.4. The first-order chi connectivity index (χ1) is 11.7. The maximum absolute atomic E-state index is 12.4. The van der Waals surface area contributed by atoms with Gasteiger partial charge in [-0.15, -0.1) is 0 Å². The lowest BCUT2D eigenvalue weighted by molar-refractivity contribution is -0.140. The van der Waals surface area contributed by atoms with Crippen LogP contribution >= 0.6 is 0 Å². The van der Waals surface area contributed by atoms with Crippen LogP contribution in [0.25, 0.3) is 0 Å². The van der Waals surface area contributed by atoms with Crippen LogP contribution in [-0.2, 0) is 4.79 Å². The van der Waals surface area contributed by atoms with E-state index in [1.54, 1.807) is 0 Å². The van der Waals surface area contributed by atoms with E-state index in [9.17, 15) is 4.79 Å². The summed E-state index contributed by atoms with van der Waals surface area (Å²) in [6, 6.07) is 9.27. The van der Waals surface area contributed by atoms with Crippen molar-refractivity contribution in [1.82, 2.24) is 0 Å². The second-order valence-corrected chi connectivity index (χ2v) is 8.85. The fourth-order valence-electron chi connectivity index (χ4n) is 4.70. The van der Waals surface area contributed by atoms with Crippen molar-refractivity contribution >= 4 is 16.2 Å². The lowest BCUT2D eigenvalue weighted by Crippen LogP contribution is -2.30. The molecule has 0 amide bonds. The summed E-state index contributed by atoms with van der Waals surface area (Å²) in [5, 5.41) is 0. The molecular weight excluding hydrogens is 312 g/mol. The third-order valence-electron chi connectivity index (χ3n) is 6.48. The van der Waals surface area contributed by atoms with Crippen LogP contribution in [0, 0.1) is 30.6 Å². The quantitative estimate of drug-likeness (QED) is 0.462. The number of rotatable bonds is 4. The summed E-state index contributed by atoms with van der Waals surface area (Å²) in [7, 11) is 1.37. The molecule has 24 heavy (non-hydrogen) atoms. The number of ether oxygens (including phenoxy) is 1. The van der Waals surface area contributed by atoms with E-state index >= 15 is 0 Å². The van der Waals surface area contributed by atoms with Crippen molar-refractivity contribution in [2.75, 3.05) is 0 Å². The number of benzene rings is 1. The highest BCUT2D eigenvalue weighted by atomic mass is 28.1. The number of hydrogen-bond donors (Lipinski definition) is 0. The number of hydrogen-bond acceptors (Lipinski definition) is 2. The van der Waals surface area contributed by atoms with E-state index < -0.39 is 0 Å². The first-order valence-corrected chi connectivity index (χ1v) is 11.4. The highest BCUT2D eigenvalue weighted by Crippen LogP contribution is 2.42. The Hall–Kier alpha value is -1.09. The van der Waals surface area contributed by atoms with E-state index in [1.165, 1.54) is 60.4 Å². The predicted octanol–water partition coefficient (Wildman–Crippen LogP) is 4.30.